The predicted octanol–water partition coefficient (Wildman–Crippen LogP) is 2.27. The van der Waals surface area contributed by atoms with Crippen molar-refractivity contribution < 1.29 is 9.53 Å². The zero-order chi connectivity index (χ0) is 15.9. The van der Waals surface area contributed by atoms with Crippen molar-refractivity contribution in [1.82, 2.24) is 9.80 Å². The number of ether oxygens (including phenoxy) is 1. The Hall–Kier alpha value is -1.65. The Morgan fingerprint density at radius 3 is 2.48 bits per heavy atom. The van der Waals surface area contributed by atoms with Crippen LogP contribution in [0.4, 0.5) is 0 Å². The highest BCUT2D eigenvalue weighted by Gasteiger charge is 2.23. The fourth-order valence-corrected chi connectivity index (χ4v) is 3.20. The summed E-state index contributed by atoms with van der Waals surface area (Å²) in [4.78, 5) is 16.6. The van der Waals surface area contributed by atoms with E-state index in [1.54, 1.807) is 0 Å². The van der Waals surface area contributed by atoms with Crippen LogP contribution in [0.1, 0.15) is 18.4 Å². The third-order valence-corrected chi connectivity index (χ3v) is 4.72. The lowest BCUT2D eigenvalue weighted by Gasteiger charge is -2.33. The lowest BCUT2D eigenvalue weighted by molar-refractivity contribution is -0.134. The van der Waals surface area contributed by atoms with Crippen molar-refractivity contribution in [1.29, 1.82) is 0 Å². The molecule has 1 aromatic carbocycles. The van der Waals surface area contributed by atoms with Crippen LogP contribution in [0.3, 0.4) is 0 Å². The fourth-order valence-electron chi connectivity index (χ4n) is 3.20. The number of morpholine rings is 1. The first-order chi connectivity index (χ1) is 11.3. The first-order valence-corrected chi connectivity index (χ1v) is 8.62. The van der Waals surface area contributed by atoms with Crippen LogP contribution in [0.25, 0.3) is 6.08 Å². The van der Waals surface area contributed by atoms with E-state index in [2.05, 4.69) is 41.3 Å². The number of hydrogen-bond acceptors (Lipinski definition) is 3. The van der Waals surface area contributed by atoms with E-state index in [1.165, 1.54) is 5.56 Å². The maximum absolute atomic E-state index is 12.4. The van der Waals surface area contributed by atoms with Crippen LogP contribution >= 0.6 is 0 Å². The third kappa shape index (κ3) is 4.91. The molecule has 1 amide bonds. The molecule has 2 heterocycles. The highest BCUT2D eigenvalue weighted by atomic mass is 16.5. The largest absolute Gasteiger partial charge is 0.379 e. The first kappa shape index (κ1) is 16.2. The standard InChI is InChI=1S/C19H26N2O2/c22-19(16-20-12-14-23-15-13-20)21-10-8-18(9-11-21)7-6-17-4-2-1-3-5-17/h1-7,18H,8-16H2. The third-order valence-electron chi connectivity index (χ3n) is 4.72. The van der Waals surface area contributed by atoms with Crippen molar-refractivity contribution in [2.75, 3.05) is 45.9 Å². The van der Waals surface area contributed by atoms with Gasteiger partial charge in [0.2, 0.25) is 5.91 Å². The number of carbonyl (C=O) groups is 1. The lowest BCUT2D eigenvalue weighted by atomic mass is 9.95. The molecule has 0 bridgehead atoms. The zero-order valence-corrected chi connectivity index (χ0v) is 13.7. The molecule has 0 atom stereocenters. The molecule has 4 heteroatoms. The van der Waals surface area contributed by atoms with Gasteiger partial charge in [0.25, 0.3) is 0 Å². The fraction of sp³-hybridized carbons (Fsp3) is 0.526. The van der Waals surface area contributed by atoms with Crippen LogP contribution in [-0.2, 0) is 9.53 Å². The molecule has 0 saturated carbocycles. The van der Waals surface area contributed by atoms with Gasteiger partial charge < -0.3 is 9.64 Å². The minimum Gasteiger partial charge on any atom is -0.379 e. The Kier molecular flexibility index (Phi) is 5.83. The van der Waals surface area contributed by atoms with Gasteiger partial charge in [-0.1, -0.05) is 42.5 Å². The number of rotatable bonds is 4. The molecule has 0 aromatic heterocycles. The molecule has 2 fully saturated rings. The lowest BCUT2D eigenvalue weighted by Crippen LogP contribution is -2.46. The topological polar surface area (TPSA) is 32.8 Å². The van der Waals surface area contributed by atoms with Crippen LogP contribution < -0.4 is 0 Å². The molecule has 0 N–H and O–H groups in total. The highest BCUT2D eigenvalue weighted by molar-refractivity contribution is 5.78. The van der Waals surface area contributed by atoms with E-state index >= 15 is 0 Å². The van der Waals surface area contributed by atoms with E-state index in [0.29, 0.717) is 12.5 Å². The first-order valence-electron chi connectivity index (χ1n) is 8.62. The van der Waals surface area contributed by atoms with E-state index in [9.17, 15) is 4.79 Å². The maximum Gasteiger partial charge on any atom is 0.236 e. The quantitative estimate of drug-likeness (QED) is 0.855. The van der Waals surface area contributed by atoms with Crippen molar-refractivity contribution in [2.24, 2.45) is 5.92 Å². The van der Waals surface area contributed by atoms with Gasteiger partial charge in [-0.25, -0.2) is 0 Å². The smallest absolute Gasteiger partial charge is 0.236 e. The van der Waals surface area contributed by atoms with Gasteiger partial charge in [-0.15, -0.1) is 0 Å². The minimum absolute atomic E-state index is 0.275. The molecule has 0 unspecified atom stereocenters. The highest BCUT2D eigenvalue weighted by Crippen LogP contribution is 2.20. The van der Waals surface area contributed by atoms with E-state index in [4.69, 9.17) is 4.74 Å². The van der Waals surface area contributed by atoms with Gasteiger partial charge in [0.15, 0.2) is 0 Å². The van der Waals surface area contributed by atoms with Gasteiger partial charge in [-0.05, 0) is 24.3 Å². The Bertz CT molecular complexity index is 515. The number of allylic oxidation sites excluding steroid dienone is 1. The molecule has 2 saturated heterocycles. The summed E-state index contributed by atoms with van der Waals surface area (Å²) in [6.45, 7) is 5.57. The Labute approximate surface area is 138 Å². The van der Waals surface area contributed by atoms with Crippen LogP contribution in [0.15, 0.2) is 36.4 Å². The number of hydrogen-bond donors (Lipinski definition) is 0. The number of likely N-dealkylation sites (tertiary alicyclic amines) is 1. The Balaban J connectivity index is 1.42. The molecule has 4 nitrogen and oxygen atoms in total. The van der Waals surface area contributed by atoms with Crippen LogP contribution in [0.5, 0.6) is 0 Å². The molecule has 2 aliphatic rings. The van der Waals surface area contributed by atoms with Crippen molar-refractivity contribution in [3.63, 3.8) is 0 Å². The second-order valence-electron chi connectivity index (χ2n) is 6.38. The van der Waals surface area contributed by atoms with E-state index < -0.39 is 0 Å². The molecular weight excluding hydrogens is 288 g/mol. The van der Waals surface area contributed by atoms with Crippen LogP contribution in [0, 0.1) is 5.92 Å². The van der Waals surface area contributed by atoms with Gasteiger partial charge in [-0.2, -0.15) is 0 Å². The van der Waals surface area contributed by atoms with Crippen molar-refractivity contribution in [3.05, 3.63) is 42.0 Å². The second kappa shape index (κ2) is 8.27. The van der Waals surface area contributed by atoms with Gasteiger partial charge in [0.05, 0.1) is 19.8 Å². The molecule has 0 radical (unpaired) electrons. The summed E-state index contributed by atoms with van der Waals surface area (Å²) < 4.78 is 5.33. The van der Waals surface area contributed by atoms with Crippen molar-refractivity contribution in [3.8, 4) is 0 Å². The molecule has 3 rings (SSSR count). The molecule has 1 aromatic rings. The molecule has 23 heavy (non-hydrogen) atoms. The second-order valence-corrected chi connectivity index (χ2v) is 6.38. The van der Waals surface area contributed by atoms with Gasteiger partial charge >= 0.3 is 0 Å². The summed E-state index contributed by atoms with van der Waals surface area (Å²) in [5, 5.41) is 0. The summed E-state index contributed by atoms with van der Waals surface area (Å²) in [5.74, 6) is 0.861. The van der Waals surface area contributed by atoms with Crippen LogP contribution in [0.2, 0.25) is 0 Å². The minimum atomic E-state index is 0.275. The van der Waals surface area contributed by atoms with Gasteiger partial charge in [0, 0.05) is 26.2 Å². The summed E-state index contributed by atoms with van der Waals surface area (Å²) in [5.41, 5.74) is 1.25. The number of benzene rings is 1. The summed E-state index contributed by atoms with van der Waals surface area (Å²) in [6, 6.07) is 10.4. The molecule has 2 aliphatic heterocycles. The van der Waals surface area contributed by atoms with E-state index in [-0.39, 0.29) is 5.91 Å². The molecule has 0 aliphatic carbocycles. The SMILES string of the molecule is O=C(CN1CCOCC1)N1CCC(C=Cc2ccccc2)CC1. The average molecular weight is 314 g/mol. The Morgan fingerprint density at radius 2 is 1.78 bits per heavy atom. The summed E-state index contributed by atoms with van der Waals surface area (Å²) in [6.07, 6.45) is 6.64. The number of carbonyl (C=O) groups excluding carboxylic acids is 1. The van der Waals surface area contributed by atoms with Crippen molar-refractivity contribution >= 4 is 12.0 Å². The molecule has 124 valence electrons. The monoisotopic (exact) mass is 314 g/mol. The van der Waals surface area contributed by atoms with E-state index in [1.807, 2.05) is 11.0 Å². The molecule has 0 spiro atoms. The zero-order valence-electron chi connectivity index (χ0n) is 13.7. The molecular formula is C19H26N2O2. The maximum atomic E-state index is 12.4. The van der Waals surface area contributed by atoms with Gasteiger partial charge in [0.1, 0.15) is 0 Å². The average Bonchev–Trinajstić information content (AvgIpc) is 2.62. The van der Waals surface area contributed by atoms with Gasteiger partial charge in [-0.3, -0.25) is 9.69 Å². The normalized spacial score (nSPS) is 21.0. The number of nitrogens with zero attached hydrogens (tertiary/aromatic N) is 2. The number of piperidine rings is 1. The summed E-state index contributed by atoms with van der Waals surface area (Å²) >= 11 is 0. The van der Waals surface area contributed by atoms with Crippen molar-refractivity contribution in [2.45, 2.75) is 12.8 Å². The number of amides is 1. The van der Waals surface area contributed by atoms with E-state index in [0.717, 1.165) is 52.2 Å². The Morgan fingerprint density at radius 1 is 1.09 bits per heavy atom. The van der Waals surface area contributed by atoms with Crippen LogP contribution in [-0.4, -0.2) is 61.6 Å². The summed E-state index contributed by atoms with van der Waals surface area (Å²) in [7, 11) is 0. The predicted molar refractivity (Wildman–Crippen MR) is 92.0 cm³/mol.